The Bertz CT molecular complexity index is 481. The highest BCUT2D eigenvalue weighted by Gasteiger charge is 2.16. The van der Waals surface area contributed by atoms with Crippen LogP contribution in [-0.4, -0.2) is 36.0 Å². The predicted molar refractivity (Wildman–Crippen MR) is 79.1 cm³/mol. The van der Waals surface area contributed by atoms with Crippen LogP contribution in [0.2, 0.25) is 0 Å². The molecule has 1 aromatic rings. The molecule has 112 valence electrons. The Labute approximate surface area is 124 Å². The molecule has 1 aromatic heterocycles. The Morgan fingerprint density at radius 2 is 2.30 bits per heavy atom. The normalized spacial score (nSPS) is 17.6. The summed E-state index contributed by atoms with van der Waals surface area (Å²) in [5.74, 6) is -0.0393. The van der Waals surface area contributed by atoms with Crippen LogP contribution in [0.3, 0.4) is 0 Å². The number of amides is 2. The molecule has 1 atom stereocenters. The number of rotatable bonds is 5. The molecule has 0 saturated carbocycles. The molecule has 2 rings (SSSR count). The minimum Gasteiger partial charge on any atom is -0.366 e. The lowest BCUT2D eigenvalue weighted by atomic mass is 10.1. The van der Waals surface area contributed by atoms with E-state index >= 15 is 0 Å². The average molecular weight is 301 g/mol. The summed E-state index contributed by atoms with van der Waals surface area (Å²) in [6.07, 6.45) is 3.72. The summed E-state index contributed by atoms with van der Waals surface area (Å²) >= 11 is 0. The van der Waals surface area contributed by atoms with Crippen molar-refractivity contribution in [1.29, 1.82) is 0 Å². The summed E-state index contributed by atoms with van der Waals surface area (Å²) in [4.78, 5) is 23.0. The topological polar surface area (TPSA) is 89.2 Å². The molecular weight excluding hydrogens is 280 g/mol. The van der Waals surface area contributed by atoms with Gasteiger partial charge in [-0.25, -0.2) is 0 Å². The Morgan fingerprint density at radius 3 is 2.85 bits per heavy atom. The van der Waals surface area contributed by atoms with Crippen molar-refractivity contribution in [1.82, 2.24) is 15.2 Å². The minimum atomic E-state index is -0.522. The van der Waals surface area contributed by atoms with E-state index in [1.54, 1.807) is 17.8 Å². The maximum absolute atomic E-state index is 12.0. The fourth-order valence-corrected chi connectivity index (χ4v) is 2.37. The number of halogens is 1. The molecule has 2 heterocycles. The molecule has 7 heteroatoms. The van der Waals surface area contributed by atoms with E-state index in [1.165, 1.54) is 12.5 Å². The number of carbonyl (C=O) groups is 2. The van der Waals surface area contributed by atoms with Crippen LogP contribution in [0.4, 0.5) is 0 Å². The first-order valence-corrected chi connectivity index (χ1v) is 6.53. The van der Waals surface area contributed by atoms with Gasteiger partial charge in [0.05, 0.1) is 5.56 Å². The van der Waals surface area contributed by atoms with E-state index in [-0.39, 0.29) is 18.3 Å². The van der Waals surface area contributed by atoms with Gasteiger partial charge in [0.15, 0.2) is 0 Å². The monoisotopic (exact) mass is 300 g/mol. The highest BCUT2D eigenvalue weighted by atomic mass is 35.5. The van der Waals surface area contributed by atoms with E-state index in [0.29, 0.717) is 23.7 Å². The summed E-state index contributed by atoms with van der Waals surface area (Å²) in [6, 6.07) is 1.52. The van der Waals surface area contributed by atoms with Crippen LogP contribution in [-0.2, 0) is 7.05 Å². The number of aryl methyl sites for hydroxylation is 1. The number of hydrogen-bond acceptors (Lipinski definition) is 3. The predicted octanol–water partition coefficient (Wildman–Crippen LogP) is 0.275. The van der Waals surface area contributed by atoms with Crippen molar-refractivity contribution in [2.24, 2.45) is 18.7 Å². The first-order chi connectivity index (χ1) is 9.08. The van der Waals surface area contributed by atoms with Crippen LogP contribution in [0.25, 0.3) is 0 Å². The van der Waals surface area contributed by atoms with E-state index < -0.39 is 5.91 Å². The third kappa shape index (κ3) is 3.98. The van der Waals surface area contributed by atoms with Gasteiger partial charge in [0.25, 0.3) is 5.91 Å². The molecule has 20 heavy (non-hydrogen) atoms. The summed E-state index contributed by atoms with van der Waals surface area (Å²) < 4.78 is 1.62. The van der Waals surface area contributed by atoms with E-state index in [2.05, 4.69) is 10.6 Å². The molecule has 6 nitrogen and oxygen atoms in total. The van der Waals surface area contributed by atoms with Crippen molar-refractivity contribution in [2.45, 2.75) is 12.8 Å². The second-order valence-corrected chi connectivity index (χ2v) is 4.99. The average Bonchev–Trinajstić information content (AvgIpc) is 2.98. The molecule has 0 spiro atoms. The first-order valence-electron chi connectivity index (χ1n) is 6.53. The van der Waals surface area contributed by atoms with Crippen LogP contribution in [0.1, 0.15) is 33.7 Å². The molecule has 1 aliphatic heterocycles. The second-order valence-electron chi connectivity index (χ2n) is 4.99. The van der Waals surface area contributed by atoms with Gasteiger partial charge < -0.3 is 20.9 Å². The summed E-state index contributed by atoms with van der Waals surface area (Å²) in [5, 5.41) is 6.18. The number of hydrogen-bond donors (Lipinski definition) is 3. The number of carbonyl (C=O) groups excluding carboxylic acids is 2. The fraction of sp³-hybridized carbons (Fsp3) is 0.538. The van der Waals surface area contributed by atoms with Gasteiger partial charge in [0.1, 0.15) is 5.69 Å². The summed E-state index contributed by atoms with van der Waals surface area (Å²) in [6.45, 7) is 2.76. The largest absolute Gasteiger partial charge is 0.366 e. The molecule has 0 bridgehead atoms. The van der Waals surface area contributed by atoms with Crippen molar-refractivity contribution >= 4 is 24.2 Å². The van der Waals surface area contributed by atoms with Crippen molar-refractivity contribution in [3.63, 3.8) is 0 Å². The van der Waals surface area contributed by atoms with Gasteiger partial charge in [-0.05, 0) is 37.9 Å². The van der Waals surface area contributed by atoms with Crippen LogP contribution >= 0.6 is 12.4 Å². The van der Waals surface area contributed by atoms with Crippen molar-refractivity contribution in [3.8, 4) is 0 Å². The Hall–Kier alpha value is -1.53. The number of nitrogens with one attached hydrogen (secondary N) is 2. The molecule has 1 unspecified atom stereocenters. The van der Waals surface area contributed by atoms with E-state index in [9.17, 15) is 9.59 Å². The number of nitrogens with zero attached hydrogens (tertiary/aromatic N) is 1. The zero-order valence-corrected chi connectivity index (χ0v) is 12.3. The van der Waals surface area contributed by atoms with E-state index in [1.807, 2.05) is 0 Å². The molecule has 0 aliphatic carbocycles. The fourth-order valence-electron chi connectivity index (χ4n) is 2.37. The summed E-state index contributed by atoms with van der Waals surface area (Å²) in [7, 11) is 1.72. The minimum absolute atomic E-state index is 0. The van der Waals surface area contributed by atoms with E-state index in [4.69, 9.17) is 5.73 Å². The molecule has 1 fully saturated rings. The maximum Gasteiger partial charge on any atom is 0.267 e. The van der Waals surface area contributed by atoms with Gasteiger partial charge >= 0.3 is 0 Å². The van der Waals surface area contributed by atoms with Crippen molar-refractivity contribution in [2.75, 3.05) is 19.6 Å². The Morgan fingerprint density at radius 1 is 1.55 bits per heavy atom. The maximum atomic E-state index is 12.0. The van der Waals surface area contributed by atoms with Crippen LogP contribution in [0.5, 0.6) is 0 Å². The zero-order valence-electron chi connectivity index (χ0n) is 11.5. The molecule has 1 saturated heterocycles. The van der Waals surface area contributed by atoms with Gasteiger partial charge in [0, 0.05) is 19.8 Å². The quantitative estimate of drug-likeness (QED) is 0.729. The van der Waals surface area contributed by atoms with Crippen molar-refractivity contribution in [3.05, 3.63) is 23.5 Å². The van der Waals surface area contributed by atoms with Crippen molar-refractivity contribution < 1.29 is 9.59 Å². The molecule has 2 amide bonds. The third-order valence-electron chi connectivity index (χ3n) is 3.52. The molecular formula is C13H21ClN4O2. The number of primary amides is 1. The van der Waals surface area contributed by atoms with Gasteiger partial charge in [0.2, 0.25) is 5.91 Å². The van der Waals surface area contributed by atoms with Crippen LogP contribution in [0, 0.1) is 5.92 Å². The third-order valence-corrected chi connectivity index (χ3v) is 3.52. The lowest BCUT2D eigenvalue weighted by Crippen LogP contribution is -2.27. The Balaban J connectivity index is 0.00000200. The zero-order chi connectivity index (χ0) is 13.8. The Kier molecular flexibility index (Phi) is 6.04. The van der Waals surface area contributed by atoms with E-state index in [0.717, 1.165) is 19.5 Å². The SMILES string of the molecule is Cl.Cn1cc(C(N)=O)cc1C(=O)NCCC1CCNC1. The number of nitrogens with two attached hydrogens (primary N) is 1. The van der Waals surface area contributed by atoms with Gasteiger partial charge in [-0.2, -0.15) is 0 Å². The molecule has 0 aromatic carbocycles. The molecule has 0 radical (unpaired) electrons. The van der Waals surface area contributed by atoms with Crippen LogP contribution < -0.4 is 16.4 Å². The lowest BCUT2D eigenvalue weighted by molar-refractivity contribution is 0.0943. The lowest BCUT2D eigenvalue weighted by Gasteiger charge is -2.09. The second kappa shape index (κ2) is 7.31. The van der Waals surface area contributed by atoms with Gasteiger partial charge in [-0.15, -0.1) is 12.4 Å². The highest BCUT2D eigenvalue weighted by Crippen LogP contribution is 2.11. The molecule has 4 N–H and O–H groups in total. The van der Waals surface area contributed by atoms with Crippen LogP contribution in [0.15, 0.2) is 12.3 Å². The smallest absolute Gasteiger partial charge is 0.267 e. The highest BCUT2D eigenvalue weighted by molar-refractivity contribution is 5.98. The standard InChI is InChI=1S/C13H20N4O2.ClH/c1-17-8-10(12(14)18)6-11(17)13(19)16-5-3-9-2-4-15-7-9;/h6,8-9,15H,2-5,7H2,1H3,(H2,14,18)(H,16,19);1H. The number of aromatic nitrogens is 1. The van der Waals surface area contributed by atoms with Gasteiger partial charge in [-0.1, -0.05) is 0 Å². The first kappa shape index (κ1) is 16.5. The summed E-state index contributed by atoms with van der Waals surface area (Å²) in [5.41, 5.74) is 6.00. The van der Waals surface area contributed by atoms with Gasteiger partial charge in [-0.3, -0.25) is 9.59 Å². The molecule has 1 aliphatic rings.